The van der Waals surface area contributed by atoms with E-state index >= 15 is 0 Å². The first-order valence-corrected chi connectivity index (χ1v) is 11.2. The summed E-state index contributed by atoms with van der Waals surface area (Å²) in [5.74, 6) is 1.69. The molecular formula is C23H30FN5O2. The number of rotatable bonds is 4. The Balaban J connectivity index is 1.44. The largest absolute Gasteiger partial charge is 0.378 e. The van der Waals surface area contributed by atoms with Crippen molar-refractivity contribution >= 4 is 11.8 Å². The fourth-order valence-corrected chi connectivity index (χ4v) is 4.58. The monoisotopic (exact) mass is 427 g/mol. The number of anilines is 2. The lowest BCUT2D eigenvalue weighted by molar-refractivity contribution is 0.121. The van der Waals surface area contributed by atoms with Crippen LogP contribution in [0.1, 0.15) is 22.4 Å². The van der Waals surface area contributed by atoms with Gasteiger partial charge in [0.25, 0.3) is 0 Å². The quantitative estimate of drug-likeness (QED) is 0.741. The Kier molecular flexibility index (Phi) is 6.02. The first-order chi connectivity index (χ1) is 15.2. The van der Waals surface area contributed by atoms with Crippen molar-refractivity contribution in [2.75, 3.05) is 69.0 Å². The summed E-state index contributed by atoms with van der Waals surface area (Å²) in [5.41, 5.74) is 4.14. The van der Waals surface area contributed by atoms with E-state index in [1.165, 1.54) is 5.56 Å². The summed E-state index contributed by atoms with van der Waals surface area (Å²) in [6.07, 6.45) is 0.847. The molecule has 3 aliphatic rings. The summed E-state index contributed by atoms with van der Waals surface area (Å²) in [7, 11) is 0. The minimum atomic E-state index is -0.135. The van der Waals surface area contributed by atoms with Crippen LogP contribution in [0.3, 0.4) is 0 Å². The maximum atomic E-state index is 14.4. The Labute approximate surface area is 182 Å². The van der Waals surface area contributed by atoms with Crippen LogP contribution >= 0.6 is 0 Å². The van der Waals surface area contributed by atoms with Gasteiger partial charge in [-0.15, -0.1) is 0 Å². The molecule has 7 nitrogen and oxygen atoms in total. The van der Waals surface area contributed by atoms with Crippen LogP contribution in [0.15, 0.2) is 18.2 Å². The third-order valence-corrected chi connectivity index (χ3v) is 6.31. The van der Waals surface area contributed by atoms with Crippen LogP contribution in [-0.2, 0) is 29.0 Å². The van der Waals surface area contributed by atoms with Gasteiger partial charge in [0.2, 0.25) is 5.95 Å². The number of aryl methyl sites for hydroxylation is 1. The van der Waals surface area contributed by atoms with Crippen molar-refractivity contribution in [3.63, 3.8) is 0 Å². The predicted molar refractivity (Wildman–Crippen MR) is 117 cm³/mol. The van der Waals surface area contributed by atoms with Crippen molar-refractivity contribution in [3.05, 3.63) is 46.4 Å². The molecule has 0 unspecified atom stereocenters. The molecule has 2 fully saturated rings. The number of hydrogen-bond acceptors (Lipinski definition) is 7. The van der Waals surface area contributed by atoms with Gasteiger partial charge in [-0.1, -0.05) is 17.7 Å². The van der Waals surface area contributed by atoms with E-state index in [0.717, 1.165) is 74.3 Å². The summed E-state index contributed by atoms with van der Waals surface area (Å²) in [4.78, 5) is 16.9. The molecule has 4 heterocycles. The SMILES string of the molecule is Cc1ccc(F)c(CN2CCc3nc(N4CCOCC4)nc(N4CCOCC4)c3C2)c1. The number of fused-ring (bicyclic) bond motifs is 1. The Hall–Kier alpha value is -2.29. The zero-order chi connectivity index (χ0) is 21.2. The molecule has 0 atom stereocenters. The van der Waals surface area contributed by atoms with Gasteiger partial charge in [-0.25, -0.2) is 9.37 Å². The predicted octanol–water partition coefficient (Wildman–Crippen LogP) is 2.16. The number of benzene rings is 1. The van der Waals surface area contributed by atoms with Crippen LogP contribution in [0, 0.1) is 12.7 Å². The second kappa shape index (κ2) is 9.06. The lowest BCUT2D eigenvalue weighted by Crippen LogP contribution is -2.42. The molecule has 0 amide bonds. The first kappa shape index (κ1) is 20.6. The Bertz CT molecular complexity index is 928. The minimum Gasteiger partial charge on any atom is -0.378 e. The van der Waals surface area contributed by atoms with Crippen LogP contribution in [0.5, 0.6) is 0 Å². The van der Waals surface area contributed by atoms with Crippen molar-refractivity contribution in [3.8, 4) is 0 Å². The van der Waals surface area contributed by atoms with Crippen molar-refractivity contribution in [2.24, 2.45) is 0 Å². The second-order valence-corrected chi connectivity index (χ2v) is 8.53. The van der Waals surface area contributed by atoms with Crippen molar-refractivity contribution in [2.45, 2.75) is 26.4 Å². The lowest BCUT2D eigenvalue weighted by Gasteiger charge is -2.36. The van der Waals surface area contributed by atoms with Gasteiger partial charge >= 0.3 is 0 Å². The summed E-state index contributed by atoms with van der Waals surface area (Å²) >= 11 is 0. The fourth-order valence-electron chi connectivity index (χ4n) is 4.58. The number of morpholine rings is 2. The molecule has 0 spiro atoms. The molecule has 0 radical (unpaired) electrons. The molecule has 3 aliphatic heterocycles. The van der Waals surface area contributed by atoms with E-state index in [2.05, 4.69) is 14.7 Å². The minimum absolute atomic E-state index is 0.135. The zero-order valence-corrected chi connectivity index (χ0v) is 18.1. The lowest BCUT2D eigenvalue weighted by atomic mass is 10.0. The van der Waals surface area contributed by atoms with Crippen LogP contribution in [-0.4, -0.2) is 74.0 Å². The molecule has 31 heavy (non-hydrogen) atoms. The van der Waals surface area contributed by atoms with Crippen LogP contribution in [0.25, 0.3) is 0 Å². The Morgan fingerprint density at radius 1 is 0.935 bits per heavy atom. The topological polar surface area (TPSA) is 54.0 Å². The number of hydrogen-bond donors (Lipinski definition) is 0. The van der Waals surface area contributed by atoms with Crippen molar-refractivity contribution < 1.29 is 13.9 Å². The highest BCUT2D eigenvalue weighted by molar-refractivity contribution is 5.54. The number of nitrogens with zero attached hydrogens (tertiary/aromatic N) is 5. The van der Waals surface area contributed by atoms with Crippen molar-refractivity contribution in [1.82, 2.24) is 14.9 Å². The van der Waals surface area contributed by atoms with Gasteiger partial charge < -0.3 is 19.3 Å². The average Bonchev–Trinajstić information content (AvgIpc) is 2.82. The summed E-state index contributed by atoms with van der Waals surface area (Å²) in [6, 6.07) is 5.34. The highest BCUT2D eigenvalue weighted by atomic mass is 19.1. The van der Waals surface area contributed by atoms with E-state index in [1.807, 2.05) is 19.1 Å². The van der Waals surface area contributed by atoms with E-state index in [1.54, 1.807) is 6.07 Å². The fraction of sp³-hybridized carbons (Fsp3) is 0.565. The number of ether oxygens (including phenoxy) is 2. The van der Waals surface area contributed by atoms with Crippen LogP contribution in [0.4, 0.5) is 16.2 Å². The van der Waals surface area contributed by atoms with Gasteiger partial charge in [-0.3, -0.25) is 4.90 Å². The number of aromatic nitrogens is 2. The van der Waals surface area contributed by atoms with E-state index in [9.17, 15) is 4.39 Å². The van der Waals surface area contributed by atoms with Gasteiger partial charge in [0.1, 0.15) is 11.6 Å². The molecule has 166 valence electrons. The van der Waals surface area contributed by atoms with Crippen molar-refractivity contribution in [1.29, 1.82) is 0 Å². The molecule has 2 aromatic rings. The summed E-state index contributed by atoms with van der Waals surface area (Å²) < 4.78 is 25.4. The molecular weight excluding hydrogens is 397 g/mol. The smallest absolute Gasteiger partial charge is 0.227 e. The third kappa shape index (κ3) is 4.51. The average molecular weight is 428 g/mol. The number of halogens is 1. The van der Waals surface area contributed by atoms with Gasteiger partial charge in [-0.2, -0.15) is 4.98 Å². The molecule has 0 N–H and O–H groups in total. The molecule has 0 bridgehead atoms. The molecule has 5 rings (SSSR count). The van der Waals surface area contributed by atoms with Gasteiger partial charge in [0.05, 0.1) is 32.1 Å². The molecule has 1 aromatic heterocycles. The second-order valence-electron chi connectivity index (χ2n) is 8.53. The van der Waals surface area contributed by atoms with E-state index < -0.39 is 0 Å². The Morgan fingerprint density at radius 3 is 2.39 bits per heavy atom. The molecule has 1 aromatic carbocycles. The van der Waals surface area contributed by atoms with Crippen LogP contribution < -0.4 is 9.80 Å². The molecule has 2 saturated heterocycles. The first-order valence-electron chi connectivity index (χ1n) is 11.2. The maximum absolute atomic E-state index is 14.4. The standard InChI is InChI=1S/C23H30FN5O2/c1-17-2-3-20(24)18(14-17)15-27-5-4-21-19(16-27)22(28-6-10-30-11-7-28)26-23(25-21)29-8-12-31-13-9-29/h2-3,14H,4-13,15-16H2,1H3. The van der Waals surface area contributed by atoms with Gasteiger partial charge in [0.15, 0.2) is 0 Å². The Morgan fingerprint density at radius 2 is 1.65 bits per heavy atom. The van der Waals surface area contributed by atoms with E-state index in [0.29, 0.717) is 33.0 Å². The highest BCUT2D eigenvalue weighted by Gasteiger charge is 2.28. The highest BCUT2D eigenvalue weighted by Crippen LogP contribution is 2.30. The van der Waals surface area contributed by atoms with E-state index in [4.69, 9.17) is 19.4 Å². The van der Waals surface area contributed by atoms with Crippen LogP contribution in [0.2, 0.25) is 0 Å². The third-order valence-electron chi connectivity index (χ3n) is 6.31. The summed E-state index contributed by atoms with van der Waals surface area (Å²) in [5, 5.41) is 0. The van der Waals surface area contributed by atoms with Gasteiger partial charge in [-0.05, 0) is 13.0 Å². The zero-order valence-electron chi connectivity index (χ0n) is 18.1. The van der Waals surface area contributed by atoms with Gasteiger partial charge in [0, 0.05) is 63.4 Å². The normalized spacial score (nSPS) is 20.1. The maximum Gasteiger partial charge on any atom is 0.227 e. The van der Waals surface area contributed by atoms with E-state index in [-0.39, 0.29) is 5.82 Å². The molecule has 0 aliphatic carbocycles. The summed E-state index contributed by atoms with van der Waals surface area (Å²) in [6.45, 7) is 10.4. The molecule has 8 heteroatoms. The molecule has 0 saturated carbocycles.